The second-order valence-corrected chi connectivity index (χ2v) is 6.86. The molecule has 0 heterocycles. The number of carbonyl (C=O) groups is 1. The smallest absolute Gasteiger partial charge is 0.171 e. The van der Waals surface area contributed by atoms with Crippen LogP contribution in [-0.4, -0.2) is 29.2 Å². The minimum atomic E-state index is -0.940. The number of benzene rings is 1. The van der Waals surface area contributed by atoms with Gasteiger partial charge in [0.2, 0.25) is 0 Å². The SMILES string of the molecule is CO[C@@]12C(=O)[C@H]3[C@@H](c4ccccc4)[C@H](C)C1C2[C@]3(C)O. The minimum Gasteiger partial charge on any atom is -0.389 e. The lowest BCUT2D eigenvalue weighted by atomic mass is 9.61. The summed E-state index contributed by atoms with van der Waals surface area (Å²) >= 11 is 0. The van der Waals surface area contributed by atoms with Crippen molar-refractivity contribution in [3.8, 4) is 0 Å². The Morgan fingerprint density at radius 2 is 1.90 bits per heavy atom. The summed E-state index contributed by atoms with van der Waals surface area (Å²) in [6, 6.07) is 10.1. The predicted octanol–water partition coefficient (Wildman–Crippen LogP) is 2.00. The second-order valence-electron chi connectivity index (χ2n) is 6.86. The van der Waals surface area contributed by atoms with Crippen LogP contribution < -0.4 is 0 Å². The Labute approximate surface area is 118 Å². The van der Waals surface area contributed by atoms with Crippen molar-refractivity contribution in [2.24, 2.45) is 23.7 Å². The highest BCUT2D eigenvalue weighted by Crippen LogP contribution is 2.77. The van der Waals surface area contributed by atoms with E-state index in [-0.39, 0.29) is 29.5 Å². The Balaban J connectivity index is 1.84. The largest absolute Gasteiger partial charge is 0.389 e. The van der Waals surface area contributed by atoms with E-state index in [2.05, 4.69) is 19.1 Å². The lowest BCUT2D eigenvalue weighted by molar-refractivity contribution is -0.146. The van der Waals surface area contributed by atoms with Gasteiger partial charge in [0.15, 0.2) is 5.78 Å². The highest BCUT2D eigenvalue weighted by molar-refractivity contribution is 6.00. The molecule has 0 saturated heterocycles. The highest BCUT2D eigenvalue weighted by atomic mass is 16.5. The molecule has 0 aromatic heterocycles. The van der Waals surface area contributed by atoms with E-state index in [9.17, 15) is 9.90 Å². The van der Waals surface area contributed by atoms with Gasteiger partial charge in [0.25, 0.3) is 0 Å². The number of fused-ring (bicyclic) bond motifs is 1. The van der Waals surface area contributed by atoms with Gasteiger partial charge < -0.3 is 9.84 Å². The van der Waals surface area contributed by atoms with Gasteiger partial charge >= 0.3 is 0 Å². The Morgan fingerprint density at radius 1 is 1.25 bits per heavy atom. The Kier molecular flexibility index (Phi) is 2.21. The van der Waals surface area contributed by atoms with Crippen LogP contribution in [0.15, 0.2) is 30.3 Å². The fourth-order valence-electron chi connectivity index (χ4n) is 5.49. The summed E-state index contributed by atoms with van der Waals surface area (Å²) in [6.45, 7) is 4.02. The topological polar surface area (TPSA) is 46.5 Å². The third-order valence-corrected chi connectivity index (χ3v) is 6.15. The molecule has 1 aromatic carbocycles. The Hall–Kier alpha value is -1.19. The summed E-state index contributed by atoms with van der Waals surface area (Å²) in [5, 5.41) is 10.9. The molecule has 106 valence electrons. The van der Waals surface area contributed by atoms with E-state index >= 15 is 0 Å². The molecule has 0 amide bonds. The highest BCUT2D eigenvalue weighted by Gasteiger charge is 2.88. The summed E-state index contributed by atoms with van der Waals surface area (Å²) < 4.78 is 5.60. The first kappa shape index (κ1) is 12.5. The fraction of sp³-hybridized carbons (Fsp3) is 0.588. The number of carbonyl (C=O) groups excluding carboxylic acids is 1. The summed E-state index contributed by atoms with van der Waals surface area (Å²) in [4.78, 5) is 12.8. The number of hydrogen-bond acceptors (Lipinski definition) is 3. The van der Waals surface area contributed by atoms with Crippen LogP contribution in [0, 0.1) is 23.7 Å². The molecule has 0 aliphatic heterocycles. The normalized spacial score (nSPS) is 52.2. The van der Waals surface area contributed by atoms with Crippen LogP contribution in [0.3, 0.4) is 0 Å². The van der Waals surface area contributed by atoms with Crippen molar-refractivity contribution in [3.63, 3.8) is 0 Å². The van der Waals surface area contributed by atoms with Crippen molar-refractivity contribution in [2.75, 3.05) is 7.11 Å². The maximum atomic E-state index is 12.8. The number of ether oxygens (including phenoxy) is 1. The average Bonchev–Trinajstić information content (AvgIpc) is 3.11. The fourth-order valence-corrected chi connectivity index (χ4v) is 5.49. The lowest BCUT2D eigenvalue weighted by Gasteiger charge is -2.44. The predicted molar refractivity (Wildman–Crippen MR) is 74.2 cm³/mol. The third kappa shape index (κ3) is 1.10. The summed E-state index contributed by atoms with van der Waals surface area (Å²) in [7, 11) is 1.61. The van der Waals surface area contributed by atoms with Gasteiger partial charge in [0, 0.05) is 18.9 Å². The molecule has 4 bridgehead atoms. The van der Waals surface area contributed by atoms with E-state index in [1.54, 1.807) is 7.11 Å². The van der Waals surface area contributed by atoms with Gasteiger partial charge in [-0.05, 0) is 24.3 Å². The van der Waals surface area contributed by atoms with Crippen LogP contribution >= 0.6 is 0 Å². The zero-order valence-electron chi connectivity index (χ0n) is 12.0. The second kappa shape index (κ2) is 3.52. The van der Waals surface area contributed by atoms with E-state index < -0.39 is 11.2 Å². The molecular formula is C17H20O3. The van der Waals surface area contributed by atoms with E-state index in [1.807, 2.05) is 25.1 Å². The van der Waals surface area contributed by atoms with Crippen molar-refractivity contribution >= 4 is 5.78 Å². The molecule has 5 rings (SSSR count). The molecule has 7 atom stereocenters. The molecule has 4 aliphatic carbocycles. The van der Waals surface area contributed by atoms with Gasteiger partial charge in [-0.1, -0.05) is 37.3 Å². The number of ketones is 1. The number of rotatable bonds is 2. The maximum absolute atomic E-state index is 12.8. The third-order valence-electron chi connectivity index (χ3n) is 6.15. The molecule has 0 radical (unpaired) electrons. The van der Waals surface area contributed by atoms with Gasteiger partial charge in [-0.2, -0.15) is 0 Å². The van der Waals surface area contributed by atoms with Gasteiger partial charge in [-0.25, -0.2) is 0 Å². The summed E-state index contributed by atoms with van der Waals surface area (Å²) in [6.07, 6.45) is 0. The quantitative estimate of drug-likeness (QED) is 0.895. The monoisotopic (exact) mass is 272 g/mol. The number of methoxy groups -OCH3 is 1. The summed E-state index contributed by atoms with van der Waals surface area (Å²) in [5.74, 6) is 0.385. The Bertz CT molecular complexity index is 579. The zero-order chi connectivity index (χ0) is 14.3. The molecule has 0 spiro atoms. The van der Waals surface area contributed by atoms with Gasteiger partial charge in [-0.15, -0.1) is 0 Å². The van der Waals surface area contributed by atoms with Gasteiger partial charge in [0.1, 0.15) is 5.60 Å². The minimum absolute atomic E-state index is 0.0209. The molecule has 1 N–H and O–H groups in total. The zero-order valence-corrected chi connectivity index (χ0v) is 12.0. The number of Topliss-reactive ketones (excluding diaryl/α,β-unsaturated/α-hetero) is 1. The standard InChI is InChI=1S/C17H20O3/c1-9-11(10-7-5-4-6-8-10)13-15(18)17(20-3)12(9)14(17)16(13,2)19/h4-9,11-14,19H,1-3H3/t9-,11+,12?,13+,14?,16+,17-/m0/s1. The van der Waals surface area contributed by atoms with Gasteiger partial charge in [-0.3, -0.25) is 4.79 Å². The first-order valence-electron chi connectivity index (χ1n) is 7.34. The molecular weight excluding hydrogens is 252 g/mol. The molecule has 4 saturated carbocycles. The van der Waals surface area contributed by atoms with Crippen LogP contribution in [-0.2, 0) is 9.53 Å². The first-order valence-corrected chi connectivity index (χ1v) is 7.34. The van der Waals surface area contributed by atoms with Crippen molar-refractivity contribution in [2.45, 2.75) is 31.0 Å². The van der Waals surface area contributed by atoms with Crippen LogP contribution in [0.25, 0.3) is 0 Å². The first-order chi connectivity index (χ1) is 9.48. The van der Waals surface area contributed by atoms with E-state index in [0.717, 1.165) is 5.56 Å². The lowest BCUT2D eigenvalue weighted by Crippen LogP contribution is -2.51. The van der Waals surface area contributed by atoms with Gasteiger partial charge in [0.05, 0.1) is 11.5 Å². The van der Waals surface area contributed by atoms with Crippen LogP contribution in [0.2, 0.25) is 0 Å². The van der Waals surface area contributed by atoms with E-state index in [1.165, 1.54) is 0 Å². The van der Waals surface area contributed by atoms with E-state index in [0.29, 0.717) is 5.92 Å². The molecule has 4 fully saturated rings. The number of aliphatic hydroxyl groups is 1. The molecule has 3 heteroatoms. The molecule has 4 aliphatic rings. The molecule has 20 heavy (non-hydrogen) atoms. The molecule has 1 aromatic rings. The number of hydrogen-bond donors (Lipinski definition) is 1. The van der Waals surface area contributed by atoms with E-state index in [4.69, 9.17) is 4.74 Å². The molecule has 3 nitrogen and oxygen atoms in total. The summed E-state index contributed by atoms with van der Waals surface area (Å²) in [5.41, 5.74) is -0.474. The van der Waals surface area contributed by atoms with Crippen molar-refractivity contribution in [3.05, 3.63) is 35.9 Å². The van der Waals surface area contributed by atoms with Crippen molar-refractivity contribution in [1.82, 2.24) is 0 Å². The van der Waals surface area contributed by atoms with Crippen LogP contribution in [0.1, 0.15) is 25.3 Å². The van der Waals surface area contributed by atoms with Crippen molar-refractivity contribution in [1.29, 1.82) is 0 Å². The van der Waals surface area contributed by atoms with Crippen molar-refractivity contribution < 1.29 is 14.6 Å². The maximum Gasteiger partial charge on any atom is 0.171 e. The average molecular weight is 272 g/mol. The Morgan fingerprint density at radius 3 is 2.45 bits per heavy atom. The van der Waals surface area contributed by atoms with Crippen LogP contribution in [0.5, 0.6) is 0 Å². The molecule has 2 unspecified atom stereocenters. The van der Waals surface area contributed by atoms with Crippen LogP contribution in [0.4, 0.5) is 0 Å².